The first-order chi connectivity index (χ1) is 3.85. The van der Waals surface area contributed by atoms with E-state index in [4.69, 9.17) is 5.73 Å². The lowest BCUT2D eigenvalue weighted by Gasteiger charge is -2.15. The molecule has 0 aliphatic rings. The monoisotopic (exact) mass is 116 g/mol. The van der Waals surface area contributed by atoms with Crippen LogP contribution in [-0.2, 0) is 0 Å². The van der Waals surface area contributed by atoms with Gasteiger partial charge in [0.05, 0.1) is 0 Å². The minimum atomic E-state index is 0.699. The summed E-state index contributed by atoms with van der Waals surface area (Å²) in [5, 5.41) is 0. The van der Waals surface area contributed by atoms with Gasteiger partial charge in [-0.05, 0) is 19.5 Å². The largest absolute Gasteiger partial charge is 0.318 e. The minimum Gasteiger partial charge on any atom is -0.318 e. The van der Waals surface area contributed by atoms with Gasteiger partial charge >= 0.3 is 0 Å². The third-order valence-electron chi connectivity index (χ3n) is 1.25. The molecule has 50 valence electrons. The number of hydrogen-bond donors (Lipinski definition) is 1. The summed E-state index contributed by atoms with van der Waals surface area (Å²) in [5.41, 5.74) is 5.40. The number of nitrogens with two attached hydrogens (primary N) is 1. The molecule has 0 amide bonds. The highest BCUT2D eigenvalue weighted by Gasteiger charge is 1.93. The molecule has 0 saturated heterocycles. The minimum absolute atomic E-state index is 0.699. The molecule has 0 aromatic rings. The van der Waals surface area contributed by atoms with Crippen molar-refractivity contribution in [3.63, 3.8) is 0 Å². The van der Waals surface area contributed by atoms with Gasteiger partial charge in [0, 0.05) is 6.67 Å². The van der Waals surface area contributed by atoms with E-state index in [9.17, 15) is 0 Å². The normalized spacial score (nSPS) is 10.5. The SMILES string of the molecule is CCCN(CC)CN. The van der Waals surface area contributed by atoms with Crippen LogP contribution >= 0.6 is 0 Å². The van der Waals surface area contributed by atoms with Crippen LogP contribution in [0.2, 0.25) is 0 Å². The van der Waals surface area contributed by atoms with Gasteiger partial charge < -0.3 is 5.73 Å². The van der Waals surface area contributed by atoms with E-state index >= 15 is 0 Å². The molecule has 0 fully saturated rings. The van der Waals surface area contributed by atoms with Crippen LogP contribution in [0.3, 0.4) is 0 Å². The van der Waals surface area contributed by atoms with E-state index in [1.807, 2.05) is 0 Å². The third-order valence-corrected chi connectivity index (χ3v) is 1.25. The van der Waals surface area contributed by atoms with E-state index in [1.165, 1.54) is 6.42 Å². The average Bonchev–Trinajstić information content (AvgIpc) is 1.83. The lowest BCUT2D eigenvalue weighted by Crippen LogP contribution is -2.30. The van der Waals surface area contributed by atoms with Crippen molar-refractivity contribution >= 4 is 0 Å². The molecule has 0 saturated carbocycles. The van der Waals surface area contributed by atoms with Gasteiger partial charge in [-0.1, -0.05) is 13.8 Å². The zero-order chi connectivity index (χ0) is 6.41. The zero-order valence-electron chi connectivity index (χ0n) is 5.85. The zero-order valence-corrected chi connectivity index (χ0v) is 5.85. The molecule has 2 N–H and O–H groups in total. The topological polar surface area (TPSA) is 29.3 Å². The first-order valence-electron chi connectivity index (χ1n) is 3.27. The molecule has 0 aromatic carbocycles. The van der Waals surface area contributed by atoms with Gasteiger partial charge in [0.2, 0.25) is 0 Å². The number of nitrogens with zero attached hydrogens (tertiary/aromatic N) is 1. The second-order valence-corrected chi connectivity index (χ2v) is 1.89. The Hall–Kier alpha value is -0.0800. The summed E-state index contributed by atoms with van der Waals surface area (Å²) < 4.78 is 0. The van der Waals surface area contributed by atoms with Crippen molar-refractivity contribution in [3.05, 3.63) is 0 Å². The van der Waals surface area contributed by atoms with E-state index < -0.39 is 0 Å². The Bertz CT molecular complexity index is 41.8. The Morgan fingerprint density at radius 3 is 2.12 bits per heavy atom. The highest BCUT2D eigenvalue weighted by molar-refractivity contribution is 4.46. The fraction of sp³-hybridized carbons (Fsp3) is 1.00. The number of rotatable bonds is 4. The number of hydrogen-bond acceptors (Lipinski definition) is 2. The summed E-state index contributed by atoms with van der Waals surface area (Å²) in [5.74, 6) is 0. The lowest BCUT2D eigenvalue weighted by molar-refractivity contribution is 0.297. The van der Waals surface area contributed by atoms with Crippen molar-refractivity contribution in [1.82, 2.24) is 4.90 Å². The standard InChI is InChI=1S/C6H16N2/c1-3-5-8(4-2)6-7/h3-7H2,1-2H3. The highest BCUT2D eigenvalue weighted by Crippen LogP contribution is 1.84. The van der Waals surface area contributed by atoms with Gasteiger partial charge in [-0.25, -0.2) is 0 Å². The van der Waals surface area contributed by atoms with Crippen LogP contribution in [0, 0.1) is 0 Å². The van der Waals surface area contributed by atoms with Gasteiger partial charge in [0.15, 0.2) is 0 Å². The molecule has 0 aliphatic carbocycles. The molecular formula is C6H16N2. The van der Waals surface area contributed by atoms with Crippen LogP contribution in [-0.4, -0.2) is 24.7 Å². The van der Waals surface area contributed by atoms with E-state index in [0.717, 1.165) is 13.1 Å². The molecular weight excluding hydrogens is 100 g/mol. The average molecular weight is 116 g/mol. The van der Waals surface area contributed by atoms with Crippen molar-refractivity contribution in [2.24, 2.45) is 5.73 Å². The van der Waals surface area contributed by atoms with E-state index in [1.54, 1.807) is 0 Å². The molecule has 8 heavy (non-hydrogen) atoms. The molecule has 0 bridgehead atoms. The van der Waals surface area contributed by atoms with E-state index in [-0.39, 0.29) is 0 Å². The quantitative estimate of drug-likeness (QED) is 0.546. The summed E-state index contributed by atoms with van der Waals surface area (Å²) in [7, 11) is 0. The first kappa shape index (κ1) is 7.92. The summed E-state index contributed by atoms with van der Waals surface area (Å²) in [6.07, 6.45) is 1.20. The van der Waals surface area contributed by atoms with E-state index in [0.29, 0.717) is 6.67 Å². The van der Waals surface area contributed by atoms with E-state index in [2.05, 4.69) is 18.7 Å². The molecule has 0 atom stereocenters. The second-order valence-electron chi connectivity index (χ2n) is 1.89. The summed E-state index contributed by atoms with van der Waals surface area (Å²) in [6, 6.07) is 0. The molecule has 0 aromatic heterocycles. The molecule has 0 spiro atoms. The maximum absolute atomic E-state index is 5.40. The first-order valence-corrected chi connectivity index (χ1v) is 3.27. The molecule has 0 heterocycles. The highest BCUT2D eigenvalue weighted by atomic mass is 15.2. The predicted octanol–water partition coefficient (Wildman–Crippen LogP) is 0.635. The second kappa shape index (κ2) is 5.06. The fourth-order valence-corrected chi connectivity index (χ4v) is 0.695. The van der Waals surface area contributed by atoms with Gasteiger partial charge in [-0.3, -0.25) is 4.90 Å². The van der Waals surface area contributed by atoms with Crippen molar-refractivity contribution < 1.29 is 0 Å². The Balaban J connectivity index is 3.07. The van der Waals surface area contributed by atoms with Crippen LogP contribution in [0.1, 0.15) is 20.3 Å². The molecule has 0 aliphatic heterocycles. The van der Waals surface area contributed by atoms with Gasteiger partial charge in [-0.15, -0.1) is 0 Å². The summed E-state index contributed by atoms with van der Waals surface area (Å²) >= 11 is 0. The fourth-order valence-electron chi connectivity index (χ4n) is 0.695. The van der Waals surface area contributed by atoms with Crippen molar-refractivity contribution in [1.29, 1.82) is 0 Å². The van der Waals surface area contributed by atoms with Crippen LogP contribution in [0.5, 0.6) is 0 Å². The van der Waals surface area contributed by atoms with Gasteiger partial charge in [0.1, 0.15) is 0 Å². The smallest absolute Gasteiger partial charge is 0.0455 e. The Kier molecular flexibility index (Phi) is 5.01. The van der Waals surface area contributed by atoms with Gasteiger partial charge in [-0.2, -0.15) is 0 Å². The third kappa shape index (κ3) is 2.99. The summed E-state index contributed by atoms with van der Waals surface area (Å²) in [4.78, 5) is 2.21. The van der Waals surface area contributed by atoms with Crippen molar-refractivity contribution in [3.8, 4) is 0 Å². The molecule has 0 rings (SSSR count). The van der Waals surface area contributed by atoms with Crippen LogP contribution < -0.4 is 5.73 Å². The molecule has 0 radical (unpaired) electrons. The lowest BCUT2D eigenvalue weighted by atomic mass is 10.4. The van der Waals surface area contributed by atoms with Crippen LogP contribution in [0.4, 0.5) is 0 Å². The van der Waals surface area contributed by atoms with Crippen molar-refractivity contribution in [2.75, 3.05) is 19.8 Å². The molecule has 2 heteroatoms. The van der Waals surface area contributed by atoms with Gasteiger partial charge in [0.25, 0.3) is 0 Å². The Labute approximate surface area is 51.7 Å². The predicted molar refractivity (Wildman–Crippen MR) is 36.6 cm³/mol. The molecule has 2 nitrogen and oxygen atoms in total. The maximum atomic E-state index is 5.40. The van der Waals surface area contributed by atoms with Crippen LogP contribution in [0.15, 0.2) is 0 Å². The molecule has 0 unspecified atom stereocenters. The Morgan fingerprint density at radius 1 is 1.38 bits per heavy atom. The Morgan fingerprint density at radius 2 is 2.00 bits per heavy atom. The summed E-state index contributed by atoms with van der Waals surface area (Å²) in [6.45, 7) is 7.20. The van der Waals surface area contributed by atoms with Crippen molar-refractivity contribution in [2.45, 2.75) is 20.3 Å². The maximum Gasteiger partial charge on any atom is 0.0455 e. The van der Waals surface area contributed by atoms with Crippen LogP contribution in [0.25, 0.3) is 0 Å².